The number of nitrogens with zero attached hydrogens (tertiary/aromatic N) is 2. The van der Waals surface area contributed by atoms with Crippen LogP contribution in [0.25, 0.3) is 5.69 Å². The van der Waals surface area contributed by atoms with E-state index in [1.807, 2.05) is 57.3 Å². The van der Waals surface area contributed by atoms with Crippen molar-refractivity contribution in [2.75, 3.05) is 6.54 Å². The Bertz CT molecular complexity index is 1110. The molecule has 0 spiro atoms. The van der Waals surface area contributed by atoms with Gasteiger partial charge in [-0.05, 0) is 61.6 Å². The number of hydrogen-bond donors (Lipinski definition) is 2. The van der Waals surface area contributed by atoms with Crippen LogP contribution < -0.4 is 10.0 Å². The summed E-state index contributed by atoms with van der Waals surface area (Å²) in [6.45, 7) is 6.23. The molecule has 0 aliphatic heterocycles. The monoisotopic (exact) mass is 454 g/mol. The van der Waals surface area contributed by atoms with E-state index in [1.54, 1.807) is 35.1 Å². The lowest BCUT2D eigenvalue weighted by atomic mass is 10.0. The molecular formula is C24H30N4O3S. The Morgan fingerprint density at radius 3 is 2.34 bits per heavy atom. The highest BCUT2D eigenvalue weighted by Gasteiger charge is 2.26. The van der Waals surface area contributed by atoms with Crippen molar-refractivity contribution < 1.29 is 13.2 Å². The van der Waals surface area contributed by atoms with Gasteiger partial charge >= 0.3 is 0 Å². The molecule has 0 bridgehead atoms. The Hall–Kier alpha value is -2.97. The molecule has 0 aliphatic carbocycles. The lowest BCUT2D eigenvalue weighted by molar-refractivity contribution is -0.123. The van der Waals surface area contributed by atoms with E-state index >= 15 is 0 Å². The highest BCUT2D eigenvalue weighted by atomic mass is 32.2. The zero-order chi connectivity index (χ0) is 23.1. The summed E-state index contributed by atoms with van der Waals surface area (Å²) in [5, 5.41) is 7.08. The summed E-state index contributed by atoms with van der Waals surface area (Å²) in [5.74, 6) is -0.163. The standard InChI is InChI=1S/C24H30N4O3S/c1-18(2)17-23(27-32(30,31)22-11-5-19(3)6-12-22)24(29)25-15-13-20-7-9-21(10-8-20)28-16-4-14-26-28/h4-12,14,16,18,23,27H,13,15,17H2,1-3H3,(H,25,29). The van der Waals surface area contributed by atoms with Crippen LogP contribution in [0.15, 0.2) is 71.9 Å². The number of benzene rings is 2. The predicted octanol–water partition coefficient (Wildman–Crippen LogP) is 3.23. The minimum absolute atomic E-state index is 0.154. The van der Waals surface area contributed by atoms with Crippen LogP contribution in [0.2, 0.25) is 0 Å². The molecule has 170 valence electrons. The smallest absolute Gasteiger partial charge is 0.241 e. The van der Waals surface area contributed by atoms with Gasteiger partial charge in [0.2, 0.25) is 15.9 Å². The third kappa shape index (κ3) is 6.51. The van der Waals surface area contributed by atoms with Gasteiger partial charge in [0.25, 0.3) is 0 Å². The zero-order valence-corrected chi connectivity index (χ0v) is 19.5. The number of amides is 1. The number of aryl methyl sites for hydroxylation is 1. The number of rotatable bonds is 10. The molecule has 1 atom stereocenters. The Morgan fingerprint density at radius 2 is 1.75 bits per heavy atom. The normalized spacial score (nSPS) is 12.6. The summed E-state index contributed by atoms with van der Waals surface area (Å²) in [7, 11) is -3.79. The van der Waals surface area contributed by atoms with Crippen molar-refractivity contribution in [3.63, 3.8) is 0 Å². The highest BCUT2D eigenvalue weighted by Crippen LogP contribution is 2.14. The quantitative estimate of drug-likeness (QED) is 0.492. The van der Waals surface area contributed by atoms with Crippen LogP contribution in [-0.4, -0.2) is 36.7 Å². The molecule has 0 aliphatic rings. The maximum atomic E-state index is 12.8. The summed E-state index contributed by atoms with van der Waals surface area (Å²) < 4.78 is 29.9. The van der Waals surface area contributed by atoms with Crippen molar-refractivity contribution >= 4 is 15.9 Å². The van der Waals surface area contributed by atoms with Gasteiger partial charge in [-0.3, -0.25) is 4.79 Å². The molecule has 1 unspecified atom stereocenters. The third-order valence-corrected chi connectivity index (χ3v) is 6.56. The number of hydrogen-bond acceptors (Lipinski definition) is 4. The van der Waals surface area contributed by atoms with Crippen molar-refractivity contribution in [1.82, 2.24) is 19.8 Å². The third-order valence-electron chi connectivity index (χ3n) is 5.07. The van der Waals surface area contributed by atoms with Crippen LogP contribution in [0.5, 0.6) is 0 Å². The molecule has 1 amide bonds. The van der Waals surface area contributed by atoms with E-state index in [1.165, 1.54) is 0 Å². The molecule has 8 heteroatoms. The predicted molar refractivity (Wildman–Crippen MR) is 125 cm³/mol. The van der Waals surface area contributed by atoms with Crippen LogP contribution in [0.1, 0.15) is 31.4 Å². The molecule has 32 heavy (non-hydrogen) atoms. The topological polar surface area (TPSA) is 93.1 Å². The Morgan fingerprint density at radius 1 is 1.06 bits per heavy atom. The Labute approximate surface area is 189 Å². The highest BCUT2D eigenvalue weighted by molar-refractivity contribution is 7.89. The molecule has 1 aromatic heterocycles. The summed E-state index contributed by atoms with van der Waals surface area (Å²) in [5.41, 5.74) is 3.00. The van der Waals surface area contributed by atoms with E-state index in [4.69, 9.17) is 0 Å². The van der Waals surface area contributed by atoms with Crippen molar-refractivity contribution in [1.29, 1.82) is 0 Å². The molecule has 1 heterocycles. The van der Waals surface area contributed by atoms with E-state index < -0.39 is 16.1 Å². The number of carbonyl (C=O) groups is 1. The molecular weight excluding hydrogens is 424 g/mol. The first-order valence-electron chi connectivity index (χ1n) is 10.7. The van der Waals surface area contributed by atoms with Gasteiger partial charge in [0.05, 0.1) is 10.6 Å². The summed E-state index contributed by atoms with van der Waals surface area (Å²) in [6.07, 6.45) is 4.66. The van der Waals surface area contributed by atoms with E-state index in [2.05, 4.69) is 15.1 Å². The van der Waals surface area contributed by atoms with Crippen molar-refractivity contribution in [2.45, 2.75) is 44.6 Å². The van der Waals surface area contributed by atoms with Gasteiger partial charge in [0.1, 0.15) is 6.04 Å². The lowest BCUT2D eigenvalue weighted by Gasteiger charge is -2.20. The molecule has 3 aromatic rings. The van der Waals surface area contributed by atoms with Gasteiger partial charge in [0, 0.05) is 18.9 Å². The summed E-state index contributed by atoms with van der Waals surface area (Å²) >= 11 is 0. The van der Waals surface area contributed by atoms with Crippen molar-refractivity contribution in [2.24, 2.45) is 5.92 Å². The fraction of sp³-hybridized carbons (Fsp3) is 0.333. The average molecular weight is 455 g/mol. The minimum Gasteiger partial charge on any atom is -0.354 e. The molecule has 0 saturated carbocycles. The molecule has 0 fully saturated rings. The van der Waals surface area contributed by atoms with Gasteiger partial charge in [-0.25, -0.2) is 13.1 Å². The van der Waals surface area contributed by atoms with E-state index in [0.29, 0.717) is 19.4 Å². The van der Waals surface area contributed by atoms with Crippen LogP contribution in [0, 0.1) is 12.8 Å². The van der Waals surface area contributed by atoms with Crippen LogP contribution in [-0.2, 0) is 21.2 Å². The van der Waals surface area contributed by atoms with Crippen LogP contribution in [0.3, 0.4) is 0 Å². The molecule has 3 rings (SSSR count). The van der Waals surface area contributed by atoms with Crippen LogP contribution in [0.4, 0.5) is 0 Å². The van der Waals surface area contributed by atoms with E-state index in [-0.39, 0.29) is 16.7 Å². The van der Waals surface area contributed by atoms with Gasteiger partial charge in [-0.2, -0.15) is 9.82 Å². The maximum Gasteiger partial charge on any atom is 0.241 e. The summed E-state index contributed by atoms with van der Waals surface area (Å²) in [6, 6.07) is 15.6. The van der Waals surface area contributed by atoms with Gasteiger partial charge in [-0.1, -0.05) is 43.7 Å². The van der Waals surface area contributed by atoms with Crippen LogP contribution >= 0.6 is 0 Å². The number of aromatic nitrogens is 2. The fourth-order valence-electron chi connectivity index (χ4n) is 3.34. The summed E-state index contributed by atoms with van der Waals surface area (Å²) in [4.78, 5) is 12.9. The van der Waals surface area contributed by atoms with Gasteiger partial charge < -0.3 is 5.32 Å². The Balaban J connectivity index is 1.59. The second-order valence-corrected chi connectivity index (χ2v) is 9.99. The second-order valence-electron chi connectivity index (χ2n) is 8.27. The second kappa shape index (κ2) is 10.6. The first kappa shape index (κ1) is 23.7. The van der Waals surface area contributed by atoms with Gasteiger partial charge in [0.15, 0.2) is 0 Å². The van der Waals surface area contributed by atoms with E-state index in [9.17, 15) is 13.2 Å². The van der Waals surface area contributed by atoms with Crippen molar-refractivity contribution in [3.8, 4) is 5.69 Å². The van der Waals surface area contributed by atoms with Crippen molar-refractivity contribution in [3.05, 3.63) is 78.1 Å². The van der Waals surface area contributed by atoms with E-state index in [0.717, 1.165) is 16.8 Å². The first-order chi connectivity index (χ1) is 15.2. The molecule has 2 N–H and O–H groups in total. The number of nitrogens with one attached hydrogen (secondary N) is 2. The molecule has 0 radical (unpaired) electrons. The maximum absolute atomic E-state index is 12.8. The SMILES string of the molecule is Cc1ccc(S(=O)(=O)NC(CC(C)C)C(=O)NCCc2ccc(-n3cccn3)cc2)cc1. The minimum atomic E-state index is -3.79. The zero-order valence-electron chi connectivity index (χ0n) is 18.7. The molecule has 2 aromatic carbocycles. The molecule has 0 saturated heterocycles. The first-order valence-corrected chi connectivity index (χ1v) is 12.2. The fourth-order valence-corrected chi connectivity index (χ4v) is 4.55. The largest absolute Gasteiger partial charge is 0.354 e. The molecule has 7 nitrogen and oxygen atoms in total. The number of carbonyl (C=O) groups excluding carboxylic acids is 1. The lowest BCUT2D eigenvalue weighted by Crippen LogP contribution is -2.47. The van der Waals surface area contributed by atoms with Gasteiger partial charge in [-0.15, -0.1) is 0 Å². The number of sulfonamides is 1. The average Bonchev–Trinajstić information content (AvgIpc) is 3.28. The Kier molecular flexibility index (Phi) is 7.82.